The second-order valence-electron chi connectivity index (χ2n) is 10.2. The summed E-state index contributed by atoms with van der Waals surface area (Å²) in [4.78, 5) is 49.7. The molecular formula is C26H32N4O5. The molecule has 0 aliphatic carbocycles. The Bertz CT molecular complexity index is 1280. The van der Waals surface area contributed by atoms with E-state index in [1.54, 1.807) is 13.1 Å². The maximum Gasteiger partial charge on any atom is 0.407 e. The first-order valence-electron chi connectivity index (χ1n) is 12.1. The lowest BCUT2D eigenvalue weighted by atomic mass is 9.71. The van der Waals surface area contributed by atoms with Crippen LogP contribution < -0.4 is 11.0 Å². The molecule has 3 amide bonds. The molecule has 2 saturated heterocycles. The van der Waals surface area contributed by atoms with Gasteiger partial charge in [-0.05, 0) is 49.1 Å². The van der Waals surface area contributed by atoms with Crippen molar-refractivity contribution in [1.29, 1.82) is 0 Å². The zero-order chi connectivity index (χ0) is 25.3. The van der Waals surface area contributed by atoms with Gasteiger partial charge in [0.05, 0.1) is 16.6 Å². The highest BCUT2D eigenvalue weighted by molar-refractivity contribution is 6.00. The Labute approximate surface area is 204 Å². The van der Waals surface area contributed by atoms with Crippen LogP contribution in [0, 0.1) is 23.2 Å². The van der Waals surface area contributed by atoms with Crippen molar-refractivity contribution in [3.8, 4) is 11.8 Å². The van der Waals surface area contributed by atoms with E-state index in [4.69, 9.17) is 0 Å². The van der Waals surface area contributed by atoms with E-state index in [-0.39, 0.29) is 23.4 Å². The minimum Gasteiger partial charge on any atom is -0.465 e. The Morgan fingerprint density at radius 3 is 2.54 bits per heavy atom. The first-order chi connectivity index (χ1) is 16.6. The lowest BCUT2D eigenvalue weighted by molar-refractivity contribution is -0.135. The molecule has 0 radical (unpaired) electrons. The summed E-state index contributed by atoms with van der Waals surface area (Å²) < 4.78 is 2.98. The number of amides is 3. The van der Waals surface area contributed by atoms with Gasteiger partial charge >= 0.3 is 11.8 Å². The molecule has 2 aliphatic rings. The van der Waals surface area contributed by atoms with Crippen LogP contribution in [0.4, 0.5) is 4.79 Å². The number of hydrogen-bond acceptors (Lipinski definition) is 4. The number of hydrogen-bond donors (Lipinski definition) is 2. The van der Waals surface area contributed by atoms with Crippen molar-refractivity contribution in [3.05, 3.63) is 34.2 Å². The Hall–Kier alpha value is -3.54. The number of carbonyl (C=O) groups excluding carboxylic acids is 2. The van der Waals surface area contributed by atoms with E-state index in [0.717, 1.165) is 24.8 Å². The smallest absolute Gasteiger partial charge is 0.407 e. The maximum absolute atomic E-state index is 13.0. The Morgan fingerprint density at radius 2 is 1.89 bits per heavy atom. The summed E-state index contributed by atoms with van der Waals surface area (Å²) in [5, 5.41) is 11.5. The third-order valence-electron chi connectivity index (χ3n) is 7.61. The van der Waals surface area contributed by atoms with Gasteiger partial charge in [0.2, 0.25) is 11.8 Å². The minimum atomic E-state index is -0.845. The predicted octanol–water partition coefficient (Wildman–Crippen LogP) is 2.87. The molecule has 2 aliphatic heterocycles. The number of likely N-dealkylation sites (tertiary alicyclic amines) is 1. The number of carbonyl (C=O) groups is 3. The van der Waals surface area contributed by atoms with Gasteiger partial charge in [0.15, 0.2) is 0 Å². The van der Waals surface area contributed by atoms with Gasteiger partial charge in [0.25, 0.3) is 0 Å². The van der Waals surface area contributed by atoms with E-state index < -0.39 is 18.0 Å². The van der Waals surface area contributed by atoms with Crippen LogP contribution in [0.15, 0.2) is 23.0 Å². The van der Waals surface area contributed by atoms with Gasteiger partial charge < -0.3 is 10.0 Å². The van der Waals surface area contributed by atoms with Crippen molar-refractivity contribution < 1.29 is 19.5 Å². The van der Waals surface area contributed by atoms with Crippen molar-refractivity contribution in [1.82, 2.24) is 19.4 Å². The van der Waals surface area contributed by atoms with E-state index in [1.807, 2.05) is 12.1 Å². The van der Waals surface area contributed by atoms with E-state index in [1.165, 1.54) is 14.0 Å². The molecule has 2 fully saturated rings. The topological polar surface area (TPSA) is 114 Å². The molecule has 1 unspecified atom stereocenters. The van der Waals surface area contributed by atoms with Crippen LogP contribution in [-0.2, 0) is 16.6 Å². The summed E-state index contributed by atoms with van der Waals surface area (Å²) in [7, 11) is 1.67. The molecule has 4 rings (SSSR count). The van der Waals surface area contributed by atoms with Crippen molar-refractivity contribution in [2.45, 2.75) is 58.4 Å². The fraction of sp³-hybridized carbons (Fsp3) is 0.538. The number of nitrogens with one attached hydrogen (secondary N) is 1. The number of rotatable bonds is 4. The number of fused-ring (bicyclic) bond motifs is 1. The van der Waals surface area contributed by atoms with Crippen LogP contribution in [0.5, 0.6) is 0 Å². The van der Waals surface area contributed by atoms with Crippen LogP contribution in [0.3, 0.4) is 0 Å². The standard InChI is InChI=1S/C26H32N4O5/c1-26(2,18-12-15-29(16-13-18)25(34)35)14-5-4-7-17-8-6-9-19-22(17)28(3)24(33)30(19)20-10-11-21(31)27-23(20)32/h6,8-9,18,20H,5,10-16H2,1-3H3,(H,34,35)(H,27,31,32). The van der Waals surface area contributed by atoms with Crippen LogP contribution in [0.2, 0.25) is 0 Å². The third-order valence-corrected chi connectivity index (χ3v) is 7.61. The van der Waals surface area contributed by atoms with Gasteiger partial charge in [-0.25, -0.2) is 9.59 Å². The normalized spacial score (nSPS) is 19.4. The van der Waals surface area contributed by atoms with Crippen molar-refractivity contribution in [2.24, 2.45) is 18.4 Å². The Morgan fingerprint density at radius 1 is 1.17 bits per heavy atom. The fourth-order valence-corrected chi connectivity index (χ4v) is 5.37. The van der Waals surface area contributed by atoms with Crippen LogP contribution in [0.25, 0.3) is 11.0 Å². The molecular weight excluding hydrogens is 448 g/mol. The number of imidazole rings is 1. The number of carboxylic acid groups (broad SMARTS) is 1. The Balaban J connectivity index is 1.51. The predicted molar refractivity (Wildman–Crippen MR) is 131 cm³/mol. The number of aromatic nitrogens is 2. The van der Waals surface area contributed by atoms with Crippen molar-refractivity contribution >= 4 is 28.9 Å². The quantitative estimate of drug-likeness (QED) is 0.516. The number of para-hydroxylation sites is 1. The van der Waals surface area contributed by atoms with E-state index in [2.05, 4.69) is 31.0 Å². The summed E-state index contributed by atoms with van der Waals surface area (Å²) in [5.41, 5.74) is 1.77. The van der Waals surface area contributed by atoms with Gasteiger partial charge in [0, 0.05) is 33.0 Å². The first kappa shape index (κ1) is 24.6. The lowest BCUT2D eigenvalue weighted by Gasteiger charge is -2.39. The fourth-order valence-electron chi connectivity index (χ4n) is 5.37. The van der Waals surface area contributed by atoms with Gasteiger partial charge in [-0.2, -0.15) is 0 Å². The molecule has 35 heavy (non-hydrogen) atoms. The van der Waals surface area contributed by atoms with Crippen molar-refractivity contribution in [2.75, 3.05) is 13.1 Å². The molecule has 1 aromatic heterocycles. The second-order valence-corrected chi connectivity index (χ2v) is 10.2. The average molecular weight is 481 g/mol. The summed E-state index contributed by atoms with van der Waals surface area (Å²) >= 11 is 0. The zero-order valence-electron chi connectivity index (χ0n) is 20.5. The number of nitrogens with zero attached hydrogens (tertiary/aromatic N) is 3. The van der Waals surface area contributed by atoms with Crippen LogP contribution >= 0.6 is 0 Å². The number of benzene rings is 1. The summed E-state index contributed by atoms with van der Waals surface area (Å²) in [5.74, 6) is 6.16. The van der Waals surface area contributed by atoms with Gasteiger partial charge in [-0.1, -0.05) is 31.8 Å². The highest BCUT2D eigenvalue weighted by atomic mass is 16.4. The van der Waals surface area contributed by atoms with Gasteiger partial charge in [0.1, 0.15) is 6.04 Å². The highest BCUT2D eigenvalue weighted by Crippen LogP contribution is 2.38. The molecule has 9 nitrogen and oxygen atoms in total. The molecule has 1 atom stereocenters. The maximum atomic E-state index is 13.0. The number of imide groups is 1. The molecule has 0 bridgehead atoms. The van der Waals surface area contributed by atoms with E-state index in [0.29, 0.717) is 42.9 Å². The molecule has 2 N–H and O–H groups in total. The molecule has 1 aromatic carbocycles. The van der Waals surface area contributed by atoms with Crippen LogP contribution in [-0.4, -0.2) is 50.1 Å². The lowest BCUT2D eigenvalue weighted by Crippen LogP contribution is -2.44. The zero-order valence-corrected chi connectivity index (χ0v) is 20.5. The van der Waals surface area contributed by atoms with Crippen LogP contribution in [0.1, 0.15) is 64.0 Å². The summed E-state index contributed by atoms with van der Waals surface area (Å²) in [6, 6.07) is 4.78. The monoisotopic (exact) mass is 480 g/mol. The second kappa shape index (κ2) is 9.61. The number of piperidine rings is 2. The summed E-state index contributed by atoms with van der Waals surface area (Å²) in [6.07, 6.45) is 2.95. The van der Waals surface area contributed by atoms with E-state index in [9.17, 15) is 24.3 Å². The number of aryl methyl sites for hydroxylation is 1. The SMILES string of the molecule is Cn1c(=O)n(C2CCC(=O)NC2=O)c2cccc(C#CCCC(C)(C)C3CCN(C(=O)O)CC3)c21. The summed E-state index contributed by atoms with van der Waals surface area (Å²) in [6.45, 7) is 5.60. The Kier molecular flexibility index (Phi) is 6.75. The molecule has 2 aromatic rings. The van der Waals surface area contributed by atoms with Crippen molar-refractivity contribution in [3.63, 3.8) is 0 Å². The molecule has 0 spiro atoms. The molecule has 186 valence electrons. The first-order valence-corrected chi connectivity index (χ1v) is 12.1. The highest BCUT2D eigenvalue weighted by Gasteiger charge is 2.33. The molecule has 0 saturated carbocycles. The molecule has 9 heteroatoms. The minimum absolute atomic E-state index is 0.0489. The molecule has 3 heterocycles. The largest absolute Gasteiger partial charge is 0.465 e. The van der Waals surface area contributed by atoms with Gasteiger partial charge in [-0.15, -0.1) is 0 Å². The van der Waals surface area contributed by atoms with Gasteiger partial charge in [-0.3, -0.25) is 24.0 Å². The average Bonchev–Trinajstić information content (AvgIpc) is 3.07. The third kappa shape index (κ3) is 4.83. The van der Waals surface area contributed by atoms with E-state index >= 15 is 0 Å².